The van der Waals surface area contributed by atoms with E-state index in [0.717, 1.165) is 12.8 Å². The lowest BCUT2D eigenvalue weighted by Crippen LogP contribution is -2.08. The van der Waals surface area contributed by atoms with Gasteiger partial charge in [0.05, 0.1) is 10.0 Å². The molecule has 0 N–H and O–H groups in total. The Hall–Kier alpha value is 0.200. The number of hydrogen-bond donors (Lipinski definition) is 0. The molecular formula is C13H13BrCl4O2. The maximum absolute atomic E-state index is 6.14. The van der Waals surface area contributed by atoms with Gasteiger partial charge in [-0.05, 0) is 28.4 Å². The summed E-state index contributed by atoms with van der Waals surface area (Å²) < 4.78 is 11.2. The van der Waals surface area contributed by atoms with Crippen molar-refractivity contribution in [3.8, 4) is 11.5 Å². The van der Waals surface area contributed by atoms with Crippen LogP contribution in [0.3, 0.4) is 0 Å². The number of alkyl halides is 1. The van der Waals surface area contributed by atoms with Crippen molar-refractivity contribution < 1.29 is 9.47 Å². The molecule has 0 aliphatic carbocycles. The Morgan fingerprint density at radius 1 is 1.30 bits per heavy atom. The minimum absolute atomic E-state index is 0.132. The van der Waals surface area contributed by atoms with Gasteiger partial charge in [-0.15, -0.1) is 0 Å². The second kappa shape index (κ2) is 9.26. The lowest BCUT2D eigenvalue weighted by molar-refractivity contribution is 0.282. The molecule has 7 heteroatoms. The van der Waals surface area contributed by atoms with Crippen LogP contribution in [0.2, 0.25) is 10.0 Å². The van der Waals surface area contributed by atoms with Crippen molar-refractivity contribution in [1.82, 2.24) is 0 Å². The van der Waals surface area contributed by atoms with Gasteiger partial charge in [0.15, 0.2) is 10.8 Å². The van der Waals surface area contributed by atoms with Crippen molar-refractivity contribution in [2.24, 2.45) is 0 Å². The molecule has 20 heavy (non-hydrogen) atoms. The second-order valence-corrected chi connectivity index (χ2v) is 6.68. The van der Waals surface area contributed by atoms with Crippen LogP contribution in [0.15, 0.2) is 22.7 Å². The fourth-order valence-corrected chi connectivity index (χ4v) is 2.67. The quantitative estimate of drug-likeness (QED) is 0.461. The average Bonchev–Trinajstić information content (AvgIpc) is 2.34. The molecule has 1 rings (SSSR count). The molecule has 0 aromatic heterocycles. The highest BCUT2D eigenvalue weighted by molar-refractivity contribution is 9.09. The maximum atomic E-state index is 6.14. The van der Waals surface area contributed by atoms with Crippen LogP contribution in [0.4, 0.5) is 0 Å². The van der Waals surface area contributed by atoms with E-state index in [1.165, 1.54) is 6.08 Å². The number of halogens is 5. The molecule has 0 amide bonds. The van der Waals surface area contributed by atoms with Gasteiger partial charge < -0.3 is 9.47 Å². The monoisotopic (exact) mass is 420 g/mol. The molecule has 0 saturated carbocycles. The summed E-state index contributed by atoms with van der Waals surface area (Å²) in [6.45, 7) is 2.29. The topological polar surface area (TPSA) is 18.5 Å². The number of hydrogen-bond acceptors (Lipinski definition) is 2. The Balaban J connectivity index is 2.78. The summed E-state index contributed by atoms with van der Waals surface area (Å²) in [5, 5.41) is 0.635. The summed E-state index contributed by atoms with van der Waals surface area (Å²) in [5.41, 5.74) is 0. The van der Waals surface area contributed by atoms with Gasteiger partial charge in [-0.3, -0.25) is 0 Å². The van der Waals surface area contributed by atoms with Gasteiger partial charge in [0.25, 0.3) is 0 Å². The molecule has 1 aromatic carbocycles. The van der Waals surface area contributed by atoms with E-state index in [2.05, 4.69) is 22.9 Å². The van der Waals surface area contributed by atoms with Crippen LogP contribution in [-0.2, 0) is 0 Å². The van der Waals surface area contributed by atoms with Crippen molar-refractivity contribution in [3.63, 3.8) is 0 Å². The van der Waals surface area contributed by atoms with Gasteiger partial charge >= 0.3 is 0 Å². The third-order valence-electron chi connectivity index (χ3n) is 2.22. The molecule has 0 aliphatic heterocycles. The van der Waals surface area contributed by atoms with Crippen LogP contribution in [0.1, 0.15) is 19.8 Å². The van der Waals surface area contributed by atoms with Gasteiger partial charge in [-0.25, -0.2) is 0 Å². The first-order valence-corrected chi connectivity index (χ1v) is 8.30. The highest BCUT2D eigenvalue weighted by atomic mass is 79.9. The van der Waals surface area contributed by atoms with Gasteiger partial charge in [-0.1, -0.05) is 59.7 Å². The predicted octanol–water partition coefficient (Wildman–Crippen LogP) is 6.59. The predicted molar refractivity (Wildman–Crippen MR) is 90.0 cm³/mol. The SMILES string of the molecule is CCCC(Br)Oc1c(Cl)cc(OCC=C(Cl)Cl)cc1Cl. The Labute approximate surface area is 147 Å². The van der Waals surface area contributed by atoms with Crippen molar-refractivity contribution >= 4 is 62.3 Å². The van der Waals surface area contributed by atoms with Gasteiger partial charge in [0.1, 0.15) is 16.8 Å². The van der Waals surface area contributed by atoms with Crippen LogP contribution in [0, 0.1) is 0 Å². The van der Waals surface area contributed by atoms with Crippen molar-refractivity contribution in [2.45, 2.75) is 24.8 Å². The summed E-state index contributed by atoms with van der Waals surface area (Å²) in [6.07, 6.45) is 3.35. The maximum Gasteiger partial charge on any atom is 0.158 e. The molecule has 0 aliphatic rings. The summed E-state index contributed by atoms with van der Waals surface area (Å²) in [7, 11) is 0. The van der Waals surface area contributed by atoms with Gasteiger partial charge in [-0.2, -0.15) is 0 Å². The molecule has 1 atom stereocenters. The Morgan fingerprint density at radius 3 is 2.40 bits per heavy atom. The molecule has 1 unspecified atom stereocenters. The normalized spacial score (nSPS) is 11.9. The zero-order valence-electron chi connectivity index (χ0n) is 10.6. The van der Waals surface area contributed by atoms with Crippen LogP contribution < -0.4 is 9.47 Å². The molecule has 0 bridgehead atoms. The molecule has 0 fully saturated rings. The summed E-state index contributed by atoms with van der Waals surface area (Å²) in [5.74, 6) is 0.946. The Morgan fingerprint density at radius 2 is 1.90 bits per heavy atom. The van der Waals surface area contributed by atoms with E-state index < -0.39 is 0 Å². The van der Waals surface area contributed by atoms with E-state index in [9.17, 15) is 0 Å². The first kappa shape index (κ1) is 18.2. The smallest absolute Gasteiger partial charge is 0.158 e. The first-order valence-electron chi connectivity index (χ1n) is 5.87. The van der Waals surface area contributed by atoms with E-state index in [-0.39, 0.29) is 16.1 Å². The van der Waals surface area contributed by atoms with Crippen molar-refractivity contribution in [3.05, 3.63) is 32.7 Å². The van der Waals surface area contributed by atoms with Crippen molar-refractivity contribution in [1.29, 1.82) is 0 Å². The standard InChI is InChI=1S/C13H13BrCl4O2/c1-2-3-11(14)20-13-9(15)6-8(7-10(13)16)19-5-4-12(17)18/h4,6-7,11H,2-3,5H2,1H3. The molecule has 2 nitrogen and oxygen atoms in total. The largest absolute Gasteiger partial charge is 0.489 e. The Kier molecular flexibility index (Phi) is 8.45. The summed E-state index contributed by atoms with van der Waals surface area (Å²) in [6, 6.07) is 3.26. The minimum atomic E-state index is -0.132. The minimum Gasteiger partial charge on any atom is -0.489 e. The number of benzene rings is 1. The molecule has 1 aromatic rings. The zero-order chi connectivity index (χ0) is 15.1. The van der Waals surface area contributed by atoms with E-state index in [0.29, 0.717) is 21.5 Å². The molecule has 112 valence electrons. The first-order chi connectivity index (χ1) is 9.43. The third-order valence-corrected chi connectivity index (χ3v) is 3.74. The average molecular weight is 423 g/mol. The zero-order valence-corrected chi connectivity index (χ0v) is 15.2. The molecule has 0 radical (unpaired) electrons. The molecule has 0 spiro atoms. The fourth-order valence-electron chi connectivity index (χ4n) is 1.35. The molecule has 0 heterocycles. The molecular weight excluding hydrogens is 410 g/mol. The van der Waals surface area contributed by atoms with E-state index >= 15 is 0 Å². The van der Waals surface area contributed by atoms with E-state index in [4.69, 9.17) is 55.9 Å². The highest BCUT2D eigenvalue weighted by Crippen LogP contribution is 2.38. The highest BCUT2D eigenvalue weighted by Gasteiger charge is 2.14. The fraction of sp³-hybridized carbons (Fsp3) is 0.385. The summed E-state index contributed by atoms with van der Waals surface area (Å²) in [4.78, 5) is 0. The van der Waals surface area contributed by atoms with E-state index in [1.807, 2.05) is 0 Å². The van der Waals surface area contributed by atoms with Crippen LogP contribution in [0.5, 0.6) is 11.5 Å². The molecule has 0 saturated heterocycles. The van der Waals surface area contributed by atoms with Crippen LogP contribution in [-0.4, -0.2) is 11.6 Å². The number of rotatable bonds is 7. The third kappa shape index (κ3) is 6.31. The Bertz CT molecular complexity index is 452. The van der Waals surface area contributed by atoms with Crippen LogP contribution in [0.25, 0.3) is 0 Å². The number of ether oxygens (including phenoxy) is 2. The van der Waals surface area contributed by atoms with Gasteiger partial charge in [0, 0.05) is 12.1 Å². The summed E-state index contributed by atoms with van der Waals surface area (Å²) >= 11 is 26.7. The van der Waals surface area contributed by atoms with Gasteiger partial charge in [0.2, 0.25) is 0 Å². The van der Waals surface area contributed by atoms with E-state index in [1.54, 1.807) is 12.1 Å². The van der Waals surface area contributed by atoms with Crippen molar-refractivity contribution in [2.75, 3.05) is 6.61 Å². The lowest BCUT2D eigenvalue weighted by atomic mass is 10.3. The lowest BCUT2D eigenvalue weighted by Gasteiger charge is -2.15. The second-order valence-electron chi connectivity index (χ2n) is 3.84. The van der Waals surface area contributed by atoms with Crippen LogP contribution >= 0.6 is 62.3 Å².